The van der Waals surface area contributed by atoms with Crippen molar-refractivity contribution in [3.63, 3.8) is 0 Å². The molecule has 6 rings (SSSR count). The van der Waals surface area contributed by atoms with E-state index in [1.165, 1.54) is 4.90 Å². The van der Waals surface area contributed by atoms with Crippen molar-refractivity contribution in [2.24, 2.45) is 23.7 Å². The van der Waals surface area contributed by atoms with Gasteiger partial charge in [0.25, 0.3) is 0 Å². The standard InChI is InChI=1S/C26H19NO4/c28-24-22-17-8-9-18(12-17)23(22)25(29)27(24)20-7-3-6-19(13-20)26(30)31-21-11-10-15-4-1-2-5-16(15)14-21/h1-11,13-14,17-18,22-23H,12H2/t17-,18+,22-,23+. The third kappa shape index (κ3) is 2.73. The number of rotatable bonds is 3. The molecule has 2 bridgehead atoms. The Bertz CT molecular complexity index is 1260. The van der Waals surface area contributed by atoms with Gasteiger partial charge in [0.15, 0.2) is 0 Å². The number of benzene rings is 3. The van der Waals surface area contributed by atoms with Crippen molar-refractivity contribution in [1.29, 1.82) is 0 Å². The summed E-state index contributed by atoms with van der Waals surface area (Å²) in [6.45, 7) is 0. The van der Waals surface area contributed by atoms with Crippen LogP contribution in [0.3, 0.4) is 0 Å². The van der Waals surface area contributed by atoms with E-state index >= 15 is 0 Å². The normalized spacial score (nSPS) is 26.0. The molecule has 3 aliphatic rings. The van der Waals surface area contributed by atoms with E-state index in [2.05, 4.69) is 12.2 Å². The third-order valence-corrected chi connectivity index (χ3v) is 6.74. The molecule has 5 nitrogen and oxygen atoms in total. The summed E-state index contributed by atoms with van der Waals surface area (Å²) in [4.78, 5) is 40.1. The Morgan fingerprint density at radius 3 is 2.26 bits per heavy atom. The zero-order valence-electron chi connectivity index (χ0n) is 16.6. The molecule has 31 heavy (non-hydrogen) atoms. The smallest absolute Gasteiger partial charge is 0.343 e. The minimum atomic E-state index is -0.529. The SMILES string of the molecule is O=C(Oc1ccc2ccccc2c1)c1cccc(N2C(=O)[C@@H]3[C@H](C2=O)[C@@H]2C=C[C@H]3C2)c1. The van der Waals surface area contributed by atoms with Gasteiger partial charge in [-0.2, -0.15) is 0 Å². The number of fused-ring (bicyclic) bond motifs is 6. The van der Waals surface area contributed by atoms with Gasteiger partial charge in [0.05, 0.1) is 23.1 Å². The van der Waals surface area contributed by atoms with E-state index in [1.807, 2.05) is 36.4 Å². The average molecular weight is 409 g/mol. The third-order valence-electron chi connectivity index (χ3n) is 6.74. The van der Waals surface area contributed by atoms with Gasteiger partial charge in [0, 0.05) is 0 Å². The first-order valence-electron chi connectivity index (χ1n) is 10.5. The molecule has 1 saturated heterocycles. The lowest BCUT2D eigenvalue weighted by molar-refractivity contribution is -0.123. The number of anilines is 1. The maximum absolute atomic E-state index is 13.0. The van der Waals surface area contributed by atoms with Crippen LogP contribution in [0.1, 0.15) is 16.8 Å². The second-order valence-electron chi connectivity index (χ2n) is 8.46. The number of allylic oxidation sites excluding steroid dienone is 2. The van der Waals surface area contributed by atoms with Gasteiger partial charge in [-0.25, -0.2) is 9.69 Å². The van der Waals surface area contributed by atoms with Crippen LogP contribution in [0.5, 0.6) is 5.75 Å². The Labute approximate surface area is 178 Å². The van der Waals surface area contributed by atoms with E-state index in [-0.39, 0.29) is 35.5 Å². The van der Waals surface area contributed by atoms with Gasteiger partial charge in [-0.1, -0.05) is 48.6 Å². The molecule has 0 radical (unpaired) electrons. The number of ether oxygens (including phenoxy) is 1. The average Bonchev–Trinajstić information content (AvgIpc) is 3.47. The highest BCUT2D eigenvalue weighted by Gasteiger charge is 2.59. The van der Waals surface area contributed by atoms with Crippen LogP contribution in [0.25, 0.3) is 10.8 Å². The first-order chi connectivity index (χ1) is 15.1. The van der Waals surface area contributed by atoms with E-state index in [1.54, 1.807) is 30.3 Å². The number of amides is 2. The number of hydrogen-bond acceptors (Lipinski definition) is 4. The summed E-state index contributed by atoms with van der Waals surface area (Å²) in [6.07, 6.45) is 5.02. The van der Waals surface area contributed by atoms with Crippen molar-refractivity contribution in [3.8, 4) is 5.75 Å². The summed E-state index contributed by atoms with van der Waals surface area (Å²) in [5.74, 6) is -0.641. The van der Waals surface area contributed by atoms with Crippen molar-refractivity contribution in [1.82, 2.24) is 0 Å². The molecule has 0 N–H and O–H groups in total. The lowest BCUT2D eigenvalue weighted by Crippen LogP contribution is -2.33. The molecular formula is C26H19NO4. The Morgan fingerprint density at radius 2 is 1.52 bits per heavy atom. The van der Waals surface area contributed by atoms with Crippen LogP contribution in [-0.2, 0) is 9.59 Å². The molecule has 3 aromatic carbocycles. The van der Waals surface area contributed by atoms with Gasteiger partial charge in [0.1, 0.15) is 5.75 Å². The Hall–Kier alpha value is -3.73. The topological polar surface area (TPSA) is 63.7 Å². The minimum Gasteiger partial charge on any atom is -0.423 e. The molecule has 0 aromatic heterocycles. The number of carbonyl (C=O) groups excluding carboxylic acids is 3. The van der Waals surface area contributed by atoms with E-state index in [4.69, 9.17) is 4.74 Å². The highest BCUT2D eigenvalue weighted by atomic mass is 16.5. The quantitative estimate of drug-likeness (QED) is 0.279. The summed E-state index contributed by atoms with van der Waals surface area (Å²) in [5, 5.41) is 2.04. The number of hydrogen-bond donors (Lipinski definition) is 0. The highest BCUT2D eigenvalue weighted by Crippen LogP contribution is 2.53. The summed E-state index contributed by atoms with van der Waals surface area (Å²) in [5.41, 5.74) is 0.723. The fourth-order valence-electron chi connectivity index (χ4n) is 5.33. The van der Waals surface area contributed by atoms with Crippen molar-refractivity contribution >= 4 is 34.2 Å². The van der Waals surface area contributed by atoms with E-state index in [0.717, 1.165) is 17.2 Å². The number of nitrogens with zero attached hydrogens (tertiary/aromatic N) is 1. The van der Waals surface area contributed by atoms with Gasteiger partial charge in [-0.15, -0.1) is 0 Å². The van der Waals surface area contributed by atoms with E-state index in [0.29, 0.717) is 17.0 Å². The largest absolute Gasteiger partial charge is 0.423 e. The van der Waals surface area contributed by atoms with E-state index < -0.39 is 5.97 Å². The van der Waals surface area contributed by atoms with Gasteiger partial charge in [-0.05, 0) is 59.4 Å². The summed E-state index contributed by atoms with van der Waals surface area (Å²) in [7, 11) is 0. The predicted octanol–water partition coefficient (Wildman–Crippen LogP) is 4.37. The van der Waals surface area contributed by atoms with Crippen LogP contribution in [-0.4, -0.2) is 17.8 Å². The summed E-state index contributed by atoms with van der Waals surface area (Å²) >= 11 is 0. The molecule has 152 valence electrons. The second-order valence-corrected chi connectivity index (χ2v) is 8.46. The molecular weight excluding hydrogens is 390 g/mol. The first kappa shape index (κ1) is 18.1. The van der Waals surface area contributed by atoms with Crippen LogP contribution < -0.4 is 9.64 Å². The van der Waals surface area contributed by atoms with Crippen molar-refractivity contribution < 1.29 is 19.1 Å². The number of esters is 1. The molecule has 0 unspecified atom stereocenters. The molecule has 1 heterocycles. The first-order valence-corrected chi connectivity index (χ1v) is 10.5. The molecule has 2 amide bonds. The molecule has 2 aliphatic carbocycles. The molecule has 4 atom stereocenters. The molecule has 5 heteroatoms. The maximum atomic E-state index is 13.0. The highest BCUT2D eigenvalue weighted by molar-refractivity contribution is 6.23. The van der Waals surface area contributed by atoms with Crippen LogP contribution in [0.4, 0.5) is 5.69 Å². The Balaban J connectivity index is 1.26. The molecule has 1 aliphatic heterocycles. The zero-order chi connectivity index (χ0) is 21.1. The van der Waals surface area contributed by atoms with E-state index in [9.17, 15) is 14.4 Å². The van der Waals surface area contributed by atoms with Crippen molar-refractivity contribution in [2.45, 2.75) is 6.42 Å². The molecule has 0 spiro atoms. The lowest BCUT2D eigenvalue weighted by atomic mass is 9.85. The van der Waals surface area contributed by atoms with Crippen molar-refractivity contribution in [3.05, 3.63) is 84.4 Å². The number of carbonyl (C=O) groups is 3. The van der Waals surface area contributed by atoms with Gasteiger partial charge < -0.3 is 4.74 Å². The summed E-state index contributed by atoms with van der Waals surface area (Å²) < 4.78 is 5.56. The van der Waals surface area contributed by atoms with Gasteiger partial charge in [-0.3, -0.25) is 9.59 Å². The molecule has 2 fully saturated rings. The van der Waals surface area contributed by atoms with Gasteiger partial charge in [0.2, 0.25) is 11.8 Å². The maximum Gasteiger partial charge on any atom is 0.343 e. The molecule has 1 saturated carbocycles. The number of imide groups is 1. The lowest BCUT2D eigenvalue weighted by Gasteiger charge is -2.18. The second kappa shape index (κ2) is 6.64. The Kier molecular flexibility index (Phi) is 3.87. The van der Waals surface area contributed by atoms with Gasteiger partial charge >= 0.3 is 5.97 Å². The van der Waals surface area contributed by atoms with Crippen LogP contribution in [0, 0.1) is 23.7 Å². The van der Waals surface area contributed by atoms with Crippen LogP contribution in [0.15, 0.2) is 78.9 Å². The molecule has 3 aromatic rings. The fourth-order valence-corrected chi connectivity index (χ4v) is 5.33. The van der Waals surface area contributed by atoms with Crippen molar-refractivity contribution in [2.75, 3.05) is 4.90 Å². The fraction of sp³-hybridized carbons (Fsp3) is 0.192. The monoisotopic (exact) mass is 409 g/mol. The summed E-state index contributed by atoms with van der Waals surface area (Å²) in [6, 6.07) is 19.9. The Morgan fingerprint density at radius 1 is 0.806 bits per heavy atom. The predicted molar refractivity (Wildman–Crippen MR) is 116 cm³/mol. The zero-order valence-corrected chi connectivity index (χ0v) is 16.6. The van der Waals surface area contributed by atoms with Crippen LogP contribution >= 0.6 is 0 Å². The minimum absolute atomic E-state index is 0.150. The van der Waals surface area contributed by atoms with Crippen LogP contribution in [0.2, 0.25) is 0 Å².